The minimum atomic E-state index is -4.00. The highest BCUT2D eigenvalue weighted by atomic mass is 32.2. The zero-order valence-corrected chi connectivity index (χ0v) is 19.1. The van der Waals surface area contributed by atoms with Gasteiger partial charge in [-0.3, -0.25) is 9.52 Å². The molecule has 0 saturated carbocycles. The summed E-state index contributed by atoms with van der Waals surface area (Å²) in [6.45, 7) is 5.10. The number of rotatable bonds is 8. The van der Waals surface area contributed by atoms with E-state index in [2.05, 4.69) is 15.2 Å². The molecule has 0 aliphatic heterocycles. The molecule has 2 aromatic carbocycles. The summed E-state index contributed by atoms with van der Waals surface area (Å²) in [5.41, 5.74) is 1.81. The van der Waals surface area contributed by atoms with Gasteiger partial charge in [-0.25, -0.2) is 8.42 Å². The van der Waals surface area contributed by atoms with Crippen LogP contribution < -0.4 is 10.0 Å². The molecule has 7 nitrogen and oxygen atoms in total. The van der Waals surface area contributed by atoms with Gasteiger partial charge in [0.25, 0.3) is 21.7 Å². The lowest BCUT2D eigenvalue weighted by molar-refractivity contribution is 0.102. The van der Waals surface area contributed by atoms with E-state index in [-0.39, 0.29) is 16.3 Å². The van der Waals surface area contributed by atoms with Gasteiger partial charge in [0, 0.05) is 16.3 Å². The Labute approximate surface area is 188 Å². The number of nitrogens with zero attached hydrogens (tertiary/aromatic N) is 1. The first kappa shape index (κ1) is 23.7. The number of amides is 1. The zero-order chi connectivity index (χ0) is 23.5. The Morgan fingerprint density at radius 2 is 1.78 bits per heavy atom. The van der Waals surface area contributed by atoms with E-state index in [1.54, 1.807) is 26.0 Å². The first-order valence-corrected chi connectivity index (χ1v) is 11.9. The van der Waals surface area contributed by atoms with Gasteiger partial charge in [-0.2, -0.15) is 8.78 Å². The first-order valence-electron chi connectivity index (χ1n) is 9.55. The quantitative estimate of drug-likeness (QED) is 0.428. The zero-order valence-electron chi connectivity index (χ0n) is 17.5. The largest absolute Gasteiger partial charge is 0.361 e. The predicted molar refractivity (Wildman–Crippen MR) is 119 cm³/mol. The van der Waals surface area contributed by atoms with Crippen LogP contribution in [0.5, 0.6) is 0 Å². The Hall–Kier alpha value is -2.92. The van der Waals surface area contributed by atoms with Crippen LogP contribution in [0.4, 0.5) is 20.2 Å². The highest BCUT2D eigenvalue weighted by Crippen LogP contribution is 2.28. The molecule has 32 heavy (non-hydrogen) atoms. The molecule has 3 rings (SSSR count). The molecule has 0 radical (unpaired) electrons. The molecule has 0 spiro atoms. The number of benzene rings is 2. The summed E-state index contributed by atoms with van der Waals surface area (Å²) in [5.74, 6) is -2.64. The highest BCUT2D eigenvalue weighted by molar-refractivity contribution is 7.99. The van der Waals surface area contributed by atoms with Gasteiger partial charge in [-0.15, -0.1) is 0 Å². The van der Waals surface area contributed by atoms with Gasteiger partial charge in [-0.1, -0.05) is 29.9 Å². The number of alkyl halides is 2. The fourth-order valence-corrected chi connectivity index (χ4v) is 4.86. The second-order valence-electron chi connectivity index (χ2n) is 6.86. The van der Waals surface area contributed by atoms with E-state index in [1.807, 2.05) is 6.92 Å². The third-order valence-corrected chi connectivity index (χ3v) is 6.81. The fourth-order valence-electron chi connectivity index (χ4n) is 3.03. The fraction of sp³-hybridized carbons (Fsp3) is 0.238. The minimum Gasteiger partial charge on any atom is -0.361 e. The van der Waals surface area contributed by atoms with Gasteiger partial charge in [-0.05, 0) is 62.2 Å². The monoisotopic (exact) mass is 481 g/mol. The molecule has 0 saturated heterocycles. The molecule has 170 valence electrons. The summed E-state index contributed by atoms with van der Waals surface area (Å²) in [5, 5.41) is 6.54. The van der Waals surface area contributed by atoms with Crippen LogP contribution in [0.3, 0.4) is 0 Å². The summed E-state index contributed by atoms with van der Waals surface area (Å²) < 4.78 is 58.3. The maximum Gasteiger partial charge on any atom is 0.288 e. The van der Waals surface area contributed by atoms with Crippen molar-refractivity contribution >= 4 is 39.1 Å². The third kappa shape index (κ3) is 5.46. The summed E-state index contributed by atoms with van der Waals surface area (Å²) in [6, 6.07) is 10.2. The smallest absolute Gasteiger partial charge is 0.288 e. The number of aryl methyl sites for hydroxylation is 3. The minimum absolute atomic E-state index is 0.0286. The van der Waals surface area contributed by atoms with Crippen molar-refractivity contribution in [3.05, 3.63) is 65.0 Å². The molecule has 0 fully saturated rings. The number of nitrogens with one attached hydrogen (secondary N) is 2. The Morgan fingerprint density at radius 3 is 2.41 bits per heavy atom. The van der Waals surface area contributed by atoms with Crippen molar-refractivity contribution in [1.29, 1.82) is 0 Å². The van der Waals surface area contributed by atoms with Gasteiger partial charge in [0.15, 0.2) is 0 Å². The normalized spacial score (nSPS) is 11.6. The van der Waals surface area contributed by atoms with E-state index in [0.717, 1.165) is 0 Å². The Kier molecular flexibility index (Phi) is 7.19. The standard InChI is InChI=1S/C21H21F2N3O4S2/c1-4-17-19(13(3)30-25-17)20(27)24-15-6-5-12(2)18(11-15)32(28,29)26-14-7-9-16(10-8-14)31-21(22)23/h5-11,21,26H,4H2,1-3H3,(H,24,27). The van der Waals surface area contributed by atoms with Crippen LogP contribution in [-0.2, 0) is 16.4 Å². The van der Waals surface area contributed by atoms with Crippen molar-refractivity contribution in [2.75, 3.05) is 10.0 Å². The number of halogens is 2. The van der Waals surface area contributed by atoms with Crippen LogP contribution in [0.1, 0.15) is 34.3 Å². The topological polar surface area (TPSA) is 101 Å². The Balaban J connectivity index is 1.82. The maximum atomic E-state index is 12.9. The molecule has 11 heteroatoms. The molecule has 2 N–H and O–H groups in total. The summed E-state index contributed by atoms with van der Waals surface area (Å²) in [6.07, 6.45) is 0.506. The molecule has 1 aromatic heterocycles. The summed E-state index contributed by atoms with van der Waals surface area (Å²) in [4.78, 5) is 13.0. The molecular formula is C21H21F2N3O4S2. The lowest BCUT2D eigenvalue weighted by Gasteiger charge is -2.13. The number of carbonyl (C=O) groups is 1. The molecule has 0 bridgehead atoms. The van der Waals surface area contributed by atoms with Gasteiger partial charge in [0.2, 0.25) is 0 Å². The van der Waals surface area contributed by atoms with E-state index in [4.69, 9.17) is 4.52 Å². The summed E-state index contributed by atoms with van der Waals surface area (Å²) >= 11 is 0.372. The number of hydrogen-bond acceptors (Lipinski definition) is 6. The summed E-state index contributed by atoms with van der Waals surface area (Å²) in [7, 11) is -4.00. The van der Waals surface area contributed by atoms with E-state index in [1.165, 1.54) is 30.3 Å². The van der Waals surface area contributed by atoms with Crippen LogP contribution in [0.15, 0.2) is 56.8 Å². The second kappa shape index (κ2) is 9.70. The maximum absolute atomic E-state index is 12.9. The number of thioether (sulfide) groups is 1. The van der Waals surface area contributed by atoms with Gasteiger partial charge < -0.3 is 9.84 Å². The van der Waals surface area contributed by atoms with Gasteiger partial charge in [0.1, 0.15) is 11.3 Å². The van der Waals surface area contributed by atoms with E-state index in [9.17, 15) is 22.0 Å². The first-order chi connectivity index (χ1) is 15.1. The average Bonchev–Trinajstić information content (AvgIpc) is 3.11. The van der Waals surface area contributed by atoms with Crippen LogP contribution in [0, 0.1) is 13.8 Å². The van der Waals surface area contributed by atoms with Crippen molar-refractivity contribution in [3.63, 3.8) is 0 Å². The molecule has 0 aliphatic carbocycles. The second-order valence-corrected chi connectivity index (χ2v) is 9.57. The van der Waals surface area contributed by atoms with E-state index < -0.39 is 21.7 Å². The van der Waals surface area contributed by atoms with Crippen molar-refractivity contribution in [2.24, 2.45) is 0 Å². The van der Waals surface area contributed by atoms with Crippen molar-refractivity contribution < 1.29 is 26.5 Å². The van der Waals surface area contributed by atoms with Crippen LogP contribution in [0.25, 0.3) is 0 Å². The molecule has 0 aliphatic rings. The lowest BCUT2D eigenvalue weighted by atomic mass is 10.1. The molecule has 3 aromatic rings. The van der Waals surface area contributed by atoms with Crippen LogP contribution in [0.2, 0.25) is 0 Å². The molecule has 0 unspecified atom stereocenters. The van der Waals surface area contributed by atoms with E-state index in [0.29, 0.717) is 45.7 Å². The average molecular weight is 482 g/mol. The molecule has 1 heterocycles. The molecule has 0 atom stereocenters. The Morgan fingerprint density at radius 1 is 1.12 bits per heavy atom. The molecule has 1 amide bonds. The number of hydrogen-bond donors (Lipinski definition) is 2. The SMILES string of the molecule is CCc1noc(C)c1C(=O)Nc1ccc(C)c(S(=O)(=O)Nc2ccc(SC(F)F)cc2)c1. The van der Waals surface area contributed by atoms with Crippen LogP contribution in [-0.4, -0.2) is 25.2 Å². The van der Waals surface area contributed by atoms with Gasteiger partial charge in [0.05, 0.1) is 10.6 Å². The Bertz CT molecular complexity index is 1230. The van der Waals surface area contributed by atoms with Crippen molar-refractivity contribution in [1.82, 2.24) is 5.16 Å². The highest BCUT2D eigenvalue weighted by Gasteiger charge is 2.22. The van der Waals surface area contributed by atoms with Gasteiger partial charge >= 0.3 is 0 Å². The number of carbonyl (C=O) groups excluding carboxylic acids is 1. The van der Waals surface area contributed by atoms with E-state index >= 15 is 0 Å². The van der Waals surface area contributed by atoms with Crippen molar-refractivity contribution in [3.8, 4) is 0 Å². The number of anilines is 2. The molecular weight excluding hydrogens is 460 g/mol. The lowest BCUT2D eigenvalue weighted by Crippen LogP contribution is -2.17. The number of aromatic nitrogens is 1. The van der Waals surface area contributed by atoms with Crippen LogP contribution >= 0.6 is 11.8 Å². The predicted octanol–water partition coefficient (Wildman–Crippen LogP) is 5.22. The van der Waals surface area contributed by atoms with Crippen molar-refractivity contribution in [2.45, 2.75) is 42.7 Å². The third-order valence-electron chi connectivity index (χ3n) is 4.56. The number of sulfonamides is 1.